The lowest BCUT2D eigenvalue weighted by Crippen LogP contribution is -2.33. The highest BCUT2D eigenvalue weighted by Crippen LogP contribution is 1.97. The van der Waals surface area contributed by atoms with Gasteiger partial charge in [0.25, 0.3) is 0 Å². The van der Waals surface area contributed by atoms with Crippen molar-refractivity contribution >= 4 is 11.6 Å². The van der Waals surface area contributed by atoms with E-state index in [1.165, 1.54) is 0 Å². The highest BCUT2D eigenvalue weighted by atomic mass is 16.4. The van der Waals surface area contributed by atoms with Crippen molar-refractivity contribution < 1.29 is 10.0 Å². The van der Waals surface area contributed by atoms with E-state index in [1.807, 2.05) is 0 Å². The fourth-order valence-electron chi connectivity index (χ4n) is 0.768. The smallest absolute Gasteiger partial charge is 0.225 e. The fraction of sp³-hybridized carbons (Fsp3) is 0.600. The van der Waals surface area contributed by atoms with Gasteiger partial charge in [-0.2, -0.15) is 0 Å². The van der Waals surface area contributed by atoms with E-state index in [1.54, 1.807) is 0 Å². The molecule has 1 aliphatic rings. The van der Waals surface area contributed by atoms with Crippen LogP contribution in [-0.2, 0) is 4.79 Å². The second-order valence-corrected chi connectivity index (χ2v) is 1.94. The molecule has 0 spiro atoms. The van der Waals surface area contributed by atoms with Gasteiger partial charge in [-0.3, -0.25) is 4.79 Å². The summed E-state index contributed by atoms with van der Waals surface area (Å²) in [5, 5.41) is 13.8. The molecule has 4 nitrogen and oxygen atoms in total. The van der Waals surface area contributed by atoms with Crippen LogP contribution in [0.15, 0.2) is 5.16 Å². The molecule has 0 unspecified atom stereocenters. The van der Waals surface area contributed by atoms with Gasteiger partial charge in [0.2, 0.25) is 5.91 Å². The van der Waals surface area contributed by atoms with E-state index in [0.29, 0.717) is 18.7 Å². The molecule has 0 aromatic rings. The first kappa shape index (κ1) is 6.07. The van der Waals surface area contributed by atoms with Gasteiger partial charge in [-0.1, -0.05) is 5.16 Å². The van der Waals surface area contributed by atoms with E-state index in [-0.39, 0.29) is 12.3 Å². The Morgan fingerprint density at radius 1 is 1.67 bits per heavy atom. The standard InChI is InChI=1S/C5H8N2O2/c8-5-3-4(7-9)1-2-6-5/h9H,1-3H2,(H,6,8)/b7-4-. The summed E-state index contributed by atoms with van der Waals surface area (Å²) >= 11 is 0. The molecule has 1 fully saturated rings. The third-order valence-corrected chi connectivity index (χ3v) is 1.24. The monoisotopic (exact) mass is 128 g/mol. The maximum absolute atomic E-state index is 10.5. The zero-order valence-corrected chi connectivity index (χ0v) is 4.92. The number of nitrogens with one attached hydrogen (secondary N) is 1. The summed E-state index contributed by atoms with van der Waals surface area (Å²) in [4.78, 5) is 10.5. The van der Waals surface area contributed by atoms with Crippen molar-refractivity contribution in [1.29, 1.82) is 0 Å². The van der Waals surface area contributed by atoms with Crippen LogP contribution >= 0.6 is 0 Å². The van der Waals surface area contributed by atoms with Crippen molar-refractivity contribution in [1.82, 2.24) is 5.32 Å². The topological polar surface area (TPSA) is 61.7 Å². The third-order valence-electron chi connectivity index (χ3n) is 1.24. The molecule has 0 radical (unpaired) electrons. The number of hydrogen-bond donors (Lipinski definition) is 2. The van der Waals surface area contributed by atoms with Crippen LogP contribution in [0.4, 0.5) is 0 Å². The maximum atomic E-state index is 10.5. The van der Waals surface area contributed by atoms with Crippen LogP contribution in [0.2, 0.25) is 0 Å². The predicted molar refractivity (Wildman–Crippen MR) is 31.5 cm³/mol. The molecular formula is C5H8N2O2. The second kappa shape index (κ2) is 2.48. The highest BCUT2D eigenvalue weighted by molar-refractivity contribution is 6.02. The van der Waals surface area contributed by atoms with Crippen molar-refractivity contribution in [2.45, 2.75) is 12.8 Å². The Morgan fingerprint density at radius 3 is 2.89 bits per heavy atom. The van der Waals surface area contributed by atoms with Gasteiger partial charge in [0, 0.05) is 13.0 Å². The normalized spacial score (nSPS) is 24.0. The van der Waals surface area contributed by atoms with Gasteiger partial charge in [0.1, 0.15) is 0 Å². The van der Waals surface area contributed by atoms with E-state index >= 15 is 0 Å². The SMILES string of the molecule is O=C1C/C(=N\O)CCN1. The number of piperidine rings is 1. The van der Waals surface area contributed by atoms with E-state index < -0.39 is 0 Å². The average Bonchev–Trinajstić information content (AvgIpc) is 1.88. The van der Waals surface area contributed by atoms with Crippen molar-refractivity contribution in [2.24, 2.45) is 5.16 Å². The van der Waals surface area contributed by atoms with E-state index in [4.69, 9.17) is 5.21 Å². The van der Waals surface area contributed by atoms with Crippen LogP contribution in [-0.4, -0.2) is 23.4 Å². The van der Waals surface area contributed by atoms with Crippen molar-refractivity contribution in [3.05, 3.63) is 0 Å². The molecular weight excluding hydrogens is 120 g/mol. The number of rotatable bonds is 0. The molecule has 50 valence electrons. The van der Waals surface area contributed by atoms with E-state index in [9.17, 15) is 4.79 Å². The van der Waals surface area contributed by atoms with Gasteiger partial charge in [0.05, 0.1) is 12.1 Å². The van der Waals surface area contributed by atoms with Crippen LogP contribution < -0.4 is 5.32 Å². The summed E-state index contributed by atoms with van der Waals surface area (Å²) in [5.41, 5.74) is 0.568. The molecule has 9 heavy (non-hydrogen) atoms. The van der Waals surface area contributed by atoms with Crippen LogP contribution in [0.3, 0.4) is 0 Å². The van der Waals surface area contributed by atoms with Crippen LogP contribution in [0, 0.1) is 0 Å². The zero-order chi connectivity index (χ0) is 6.69. The summed E-state index contributed by atoms with van der Waals surface area (Å²) in [5.74, 6) is -0.0611. The highest BCUT2D eigenvalue weighted by Gasteiger charge is 2.12. The van der Waals surface area contributed by atoms with Crippen molar-refractivity contribution in [3.8, 4) is 0 Å². The van der Waals surface area contributed by atoms with E-state index in [2.05, 4.69) is 10.5 Å². The Bertz CT molecular complexity index is 153. The number of oxime groups is 1. The average molecular weight is 128 g/mol. The van der Waals surface area contributed by atoms with E-state index in [0.717, 1.165) is 0 Å². The largest absolute Gasteiger partial charge is 0.411 e. The molecule has 0 aliphatic carbocycles. The Labute approximate surface area is 52.5 Å². The molecule has 1 amide bonds. The molecule has 1 rings (SSSR count). The van der Waals surface area contributed by atoms with Gasteiger partial charge in [-0.25, -0.2) is 0 Å². The van der Waals surface area contributed by atoms with Gasteiger partial charge < -0.3 is 10.5 Å². The fourth-order valence-corrected chi connectivity index (χ4v) is 0.768. The molecule has 4 heteroatoms. The number of carbonyl (C=O) groups excluding carboxylic acids is 1. The molecule has 0 bridgehead atoms. The minimum absolute atomic E-state index is 0.0611. The summed E-state index contributed by atoms with van der Waals surface area (Å²) in [6, 6.07) is 0. The summed E-state index contributed by atoms with van der Waals surface area (Å²) in [6.45, 7) is 0.595. The Hall–Kier alpha value is -1.06. The molecule has 2 N–H and O–H groups in total. The minimum Gasteiger partial charge on any atom is -0.411 e. The first-order valence-electron chi connectivity index (χ1n) is 2.79. The number of nitrogens with zero attached hydrogens (tertiary/aromatic N) is 1. The van der Waals surface area contributed by atoms with Crippen LogP contribution in [0.25, 0.3) is 0 Å². The van der Waals surface area contributed by atoms with Gasteiger partial charge in [-0.15, -0.1) is 0 Å². The lowest BCUT2D eigenvalue weighted by molar-refractivity contribution is -0.120. The molecule has 0 saturated carbocycles. The quantitative estimate of drug-likeness (QED) is 0.348. The Kier molecular flexibility index (Phi) is 1.67. The van der Waals surface area contributed by atoms with Gasteiger partial charge in [0.15, 0.2) is 0 Å². The molecule has 0 aromatic heterocycles. The molecule has 1 aliphatic heterocycles. The summed E-state index contributed by atoms with van der Waals surface area (Å²) < 4.78 is 0. The van der Waals surface area contributed by atoms with Gasteiger partial charge in [-0.05, 0) is 0 Å². The lowest BCUT2D eigenvalue weighted by atomic mass is 10.1. The number of amides is 1. The third kappa shape index (κ3) is 1.42. The van der Waals surface area contributed by atoms with Crippen molar-refractivity contribution in [3.63, 3.8) is 0 Å². The zero-order valence-electron chi connectivity index (χ0n) is 4.92. The molecule has 1 saturated heterocycles. The summed E-state index contributed by atoms with van der Waals surface area (Å²) in [6.07, 6.45) is 0.915. The summed E-state index contributed by atoms with van der Waals surface area (Å²) in [7, 11) is 0. The molecule has 0 atom stereocenters. The van der Waals surface area contributed by atoms with Crippen molar-refractivity contribution in [2.75, 3.05) is 6.54 Å². The molecule has 0 aromatic carbocycles. The van der Waals surface area contributed by atoms with Gasteiger partial charge >= 0.3 is 0 Å². The number of hydrogen-bond acceptors (Lipinski definition) is 3. The Balaban J connectivity index is 2.51. The number of carbonyl (C=O) groups is 1. The first-order valence-corrected chi connectivity index (χ1v) is 2.79. The Morgan fingerprint density at radius 2 is 2.44 bits per heavy atom. The minimum atomic E-state index is -0.0611. The molecule has 1 heterocycles. The van der Waals surface area contributed by atoms with Crippen LogP contribution in [0.5, 0.6) is 0 Å². The second-order valence-electron chi connectivity index (χ2n) is 1.94. The lowest BCUT2D eigenvalue weighted by Gasteiger charge is -2.11. The maximum Gasteiger partial charge on any atom is 0.225 e. The predicted octanol–water partition coefficient (Wildman–Crippen LogP) is -0.273. The first-order chi connectivity index (χ1) is 4.33. The van der Waals surface area contributed by atoms with Crippen LogP contribution in [0.1, 0.15) is 12.8 Å².